The Labute approximate surface area is 185 Å². The van der Waals surface area contributed by atoms with Crippen molar-refractivity contribution in [3.8, 4) is 5.69 Å². The predicted molar refractivity (Wildman–Crippen MR) is 128 cm³/mol. The van der Waals surface area contributed by atoms with Crippen LogP contribution in [0.1, 0.15) is 19.7 Å². The number of benzene rings is 2. The van der Waals surface area contributed by atoms with E-state index in [1.54, 1.807) is 36.4 Å². The Bertz CT molecular complexity index is 1310. The van der Waals surface area contributed by atoms with Crippen LogP contribution in [0.15, 0.2) is 101 Å². The number of fused-ring (bicyclic) bond motifs is 1. The Hall–Kier alpha value is -3.50. The van der Waals surface area contributed by atoms with Gasteiger partial charge in [-0.1, -0.05) is 72.3 Å². The quantitative estimate of drug-likeness (QED) is 0.400. The summed E-state index contributed by atoms with van der Waals surface area (Å²) in [6, 6.07) is 10.9. The van der Waals surface area contributed by atoms with Gasteiger partial charge in [0.05, 0.1) is 21.6 Å². The molecule has 0 fully saturated rings. The molecule has 0 aliphatic heterocycles. The maximum absolute atomic E-state index is 13.8. The minimum atomic E-state index is -0.499. The van der Waals surface area contributed by atoms with E-state index >= 15 is 0 Å². The summed E-state index contributed by atoms with van der Waals surface area (Å²) >= 11 is 6.37. The van der Waals surface area contributed by atoms with Crippen molar-refractivity contribution in [3.63, 3.8) is 0 Å². The largest absolute Gasteiger partial charge is 0.268 e. The van der Waals surface area contributed by atoms with Crippen LogP contribution in [0.25, 0.3) is 22.7 Å². The van der Waals surface area contributed by atoms with Crippen LogP contribution in [-0.4, -0.2) is 9.55 Å². The molecule has 0 amide bonds. The van der Waals surface area contributed by atoms with E-state index in [9.17, 15) is 9.18 Å². The summed E-state index contributed by atoms with van der Waals surface area (Å²) in [5.74, 6) is -0.121. The molecule has 31 heavy (non-hydrogen) atoms. The molecule has 1 aromatic heterocycles. The summed E-state index contributed by atoms with van der Waals surface area (Å²) < 4.78 is 15.2. The normalized spacial score (nSPS) is 12.1. The second-order valence-corrected chi connectivity index (χ2v) is 7.47. The van der Waals surface area contributed by atoms with Gasteiger partial charge in [0.1, 0.15) is 11.6 Å². The van der Waals surface area contributed by atoms with Gasteiger partial charge < -0.3 is 0 Å². The Morgan fingerprint density at radius 3 is 2.61 bits per heavy atom. The molecule has 3 nitrogen and oxygen atoms in total. The minimum Gasteiger partial charge on any atom is -0.268 e. The van der Waals surface area contributed by atoms with Crippen LogP contribution in [0.3, 0.4) is 0 Å². The standard InChI is InChI=1S/C26H22ClFN2O/c1-4-8-19(10-7-9-18(2)3)13-16-25-29-23-15-14-20(28)17-21(23)26(31)30(25)24-12-6-5-11-22(24)27/h4-17H,1H2,2-3H3/b10-7-,16-13-,19-8-. The summed E-state index contributed by atoms with van der Waals surface area (Å²) in [6.45, 7) is 7.79. The number of halogens is 2. The molecule has 0 N–H and O–H groups in total. The monoisotopic (exact) mass is 432 g/mol. The fourth-order valence-corrected chi connectivity index (χ4v) is 3.20. The molecule has 0 aliphatic carbocycles. The van der Waals surface area contributed by atoms with Crippen LogP contribution >= 0.6 is 11.6 Å². The van der Waals surface area contributed by atoms with Gasteiger partial charge in [-0.05, 0) is 55.8 Å². The minimum absolute atomic E-state index is 0.183. The average Bonchev–Trinajstić information content (AvgIpc) is 2.73. The molecule has 0 spiro atoms. The lowest BCUT2D eigenvalue weighted by Gasteiger charge is -2.13. The molecule has 1 heterocycles. The van der Waals surface area contributed by atoms with E-state index in [0.29, 0.717) is 22.1 Å². The molecule has 2 aromatic carbocycles. The molecule has 0 bridgehead atoms. The van der Waals surface area contributed by atoms with Gasteiger partial charge in [-0.2, -0.15) is 0 Å². The van der Waals surface area contributed by atoms with E-state index in [0.717, 1.165) is 5.57 Å². The van der Waals surface area contributed by atoms with E-state index in [1.807, 2.05) is 44.2 Å². The summed E-state index contributed by atoms with van der Waals surface area (Å²) in [6.07, 6.45) is 13.0. The summed E-state index contributed by atoms with van der Waals surface area (Å²) in [5, 5.41) is 0.574. The van der Waals surface area contributed by atoms with Crippen LogP contribution in [0, 0.1) is 5.82 Å². The van der Waals surface area contributed by atoms with E-state index in [4.69, 9.17) is 11.6 Å². The van der Waals surface area contributed by atoms with Crippen molar-refractivity contribution < 1.29 is 4.39 Å². The highest BCUT2D eigenvalue weighted by molar-refractivity contribution is 6.32. The fourth-order valence-electron chi connectivity index (χ4n) is 2.98. The highest BCUT2D eigenvalue weighted by atomic mass is 35.5. The van der Waals surface area contributed by atoms with E-state index in [-0.39, 0.29) is 5.39 Å². The molecular formula is C26H22ClFN2O. The molecule has 3 rings (SSSR count). The number of rotatable bonds is 6. The van der Waals surface area contributed by atoms with Crippen LogP contribution in [0.4, 0.5) is 4.39 Å². The van der Waals surface area contributed by atoms with Gasteiger partial charge in [-0.15, -0.1) is 0 Å². The number of para-hydroxylation sites is 1. The molecular weight excluding hydrogens is 411 g/mol. The van der Waals surface area contributed by atoms with E-state index in [1.165, 1.54) is 28.3 Å². The SMILES string of the molecule is C=C/C=C(/C=C\C=C(C)C)\C=C/c1nc2ccc(F)cc2c(=O)n1-c1ccccc1Cl. The van der Waals surface area contributed by atoms with Crippen molar-refractivity contribution in [2.24, 2.45) is 0 Å². The zero-order valence-corrected chi connectivity index (χ0v) is 18.1. The van der Waals surface area contributed by atoms with Gasteiger partial charge in [-0.3, -0.25) is 9.36 Å². The number of hydrogen-bond donors (Lipinski definition) is 0. The van der Waals surface area contributed by atoms with Crippen LogP contribution < -0.4 is 5.56 Å². The van der Waals surface area contributed by atoms with Crippen molar-refractivity contribution in [1.82, 2.24) is 9.55 Å². The lowest BCUT2D eigenvalue weighted by molar-refractivity contribution is 0.629. The molecule has 0 saturated heterocycles. The Morgan fingerprint density at radius 1 is 1.13 bits per heavy atom. The van der Waals surface area contributed by atoms with Gasteiger partial charge in [-0.25, -0.2) is 9.37 Å². The highest BCUT2D eigenvalue weighted by Gasteiger charge is 2.14. The third-order valence-corrected chi connectivity index (χ3v) is 4.72. The average molecular weight is 433 g/mol. The first kappa shape index (κ1) is 22.2. The van der Waals surface area contributed by atoms with Crippen LogP contribution in [0.5, 0.6) is 0 Å². The van der Waals surface area contributed by atoms with Crippen molar-refractivity contribution in [2.45, 2.75) is 13.8 Å². The second-order valence-electron chi connectivity index (χ2n) is 7.06. The van der Waals surface area contributed by atoms with Crippen LogP contribution in [-0.2, 0) is 0 Å². The first-order valence-corrected chi connectivity index (χ1v) is 10.1. The van der Waals surface area contributed by atoms with Crippen molar-refractivity contribution >= 4 is 28.6 Å². The van der Waals surface area contributed by atoms with Gasteiger partial charge in [0, 0.05) is 0 Å². The molecule has 0 radical (unpaired) electrons. The first-order valence-electron chi connectivity index (χ1n) is 9.70. The Morgan fingerprint density at radius 2 is 1.90 bits per heavy atom. The molecule has 156 valence electrons. The zero-order chi connectivity index (χ0) is 22.4. The van der Waals surface area contributed by atoms with Crippen LogP contribution in [0.2, 0.25) is 5.02 Å². The second kappa shape index (κ2) is 10.0. The predicted octanol–water partition coefficient (Wildman–Crippen LogP) is 6.83. The van der Waals surface area contributed by atoms with Crippen molar-refractivity contribution in [3.05, 3.63) is 124 Å². The fraction of sp³-hybridized carbons (Fsp3) is 0.0769. The van der Waals surface area contributed by atoms with Gasteiger partial charge in [0.2, 0.25) is 0 Å². The van der Waals surface area contributed by atoms with Gasteiger partial charge >= 0.3 is 0 Å². The maximum atomic E-state index is 13.8. The summed E-state index contributed by atoms with van der Waals surface area (Å²) in [5.41, 5.74) is 2.53. The molecule has 5 heteroatoms. The highest BCUT2D eigenvalue weighted by Crippen LogP contribution is 2.22. The first-order chi connectivity index (χ1) is 14.9. The molecule has 0 atom stereocenters. The lowest BCUT2D eigenvalue weighted by Crippen LogP contribution is -2.22. The molecule has 0 saturated carbocycles. The van der Waals surface area contributed by atoms with Crippen molar-refractivity contribution in [1.29, 1.82) is 0 Å². The topological polar surface area (TPSA) is 34.9 Å². The van der Waals surface area contributed by atoms with Gasteiger partial charge in [0.25, 0.3) is 5.56 Å². The Kier molecular flexibility index (Phi) is 7.16. The van der Waals surface area contributed by atoms with E-state index < -0.39 is 11.4 Å². The van der Waals surface area contributed by atoms with Gasteiger partial charge in [0.15, 0.2) is 0 Å². The molecule has 0 aliphatic rings. The summed E-state index contributed by atoms with van der Waals surface area (Å²) in [4.78, 5) is 17.9. The third-order valence-electron chi connectivity index (χ3n) is 4.40. The number of hydrogen-bond acceptors (Lipinski definition) is 2. The molecule has 0 unspecified atom stereocenters. The molecule has 3 aromatic rings. The number of aromatic nitrogens is 2. The zero-order valence-electron chi connectivity index (χ0n) is 17.3. The number of allylic oxidation sites excluding steroid dienone is 8. The smallest absolute Gasteiger partial charge is 0.266 e. The van der Waals surface area contributed by atoms with E-state index in [2.05, 4.69) is 11.6 Å². The van der Waals surface area contributed by atoms with Crippen molar-refractivity contribution in [2.75, 3.05) is 0 Å². The third kappa shape index (κ3) is 5.36. The number of nitrogens with zero attached hydrogens (tertiary/aromatic N) is 2. The summed E-state index contributed by atoms with van der Waals surface area (Å²) in [7, 11) is 0. The Balaban J connectivity index is 2.22. The maximum Gasteiger partial charge on any atom is 0.266 e. The lowest BCUT2D eigenvalue weighted by atomic mass is 10.1.